The van der Waals surface area contributed by atoms with Crippen LogP contribution in [0.4, 0.5) is 0 Å². The van der Waals surface area contributed by atoms with Gasteiger partial charge in [0.2, 0.25) is 0 Å². The quantitative estimate of drug-likeness (QED) is 0.347. The molecule has 1 aromatic carbocycles. The van der Waals surface area contributed by atoms with Crippen molar-refractivity contribution in [3.8, 4) is 0 Å². The Hall–Kier alpha value is -2.90. The molecule has 1 aliphatic rings. The van der Waals surface area contributed by atoms with Crippen LogP contribution in [-0.2, 0) is 28.5 Å². The number of hydrogen-bond acceptors (Lipinski definition) is 8. The van der Waals surface area contributed by atoms with Gasteiger partial charge in [0.15, 0.2) is 0 Å². The normalized spacial score (nSPS) is 21.6. The maximum Gasteiger partial charge on any atom is 0.338 e. The molecule has 1 aliphatic heterocycles. The minimum absolute atomic E-state index is 0.0562. The number of ether oxygens (including phenoxy) is 4. The summed E-state index contributed by atoms with van der Waals surface area (Å²) in [7, 11) is 0. The van der Waals surface area contributed by atoms with E-state index in [0.29, 0.717) is 12.8 Å². The van der Waals surface area contributed by atoms with Crippen LogP contribution in [-0.4, -0.2) is 50.3 Å². The lowest BCUT2D eigenvalue weighted by molar-refractivity contribution is -0.148. The van der Waals surface area contributed by atoms with Gasteiger partial charge in [-0.05, 0) is 31.0 Å². The number of rotatable bonds is 0. The van der Waals surface area contributed by atoms with Crippen molar-refractivity contribution in [1.82, 2.24) is 0 Å². The predicted molar refractivity (Wildman–Crippen MR) is 133 cm³/mol. The molecular weight excluding hydrogens is 464 g/mol. The molecule has 0 atom stereocenters. The third kappa shape index (κ3) is 11.2. The average Bonchev–Trinajstić information content (AvgIpc) is 2.84. The molecule has 0 aromatic heterocycles. The second-order valence-electron chi connectivity index (χ2n) is 11.0. The molecule has 0 spiro atoms. The molecule has 8 heteroatoms. The Balaban J connectivity index is 2.04. The molecule has 36 heavy (non-hydrogen) atoms. The van der Waals surface area contributed by atoms with Crippen LogP contribution in [0, 0.1) is 10.8 Å². The van der Waals surface area contributed by atoms with Crippen molar-refractivity contribution in [3.05, 3.63) is 35.4 Å². The smallest absolute Gasteiger partial charge is 0.338 e. The van der Waals surface area contributed by atoms with E-state index in [1.54, 1.807) is 18.2 Å². The molecule has 8 nitrogen and oxygen atoms in total. The third-order valence-electron chi connectivity index (χ3n) is 5.78. The standard InChI is InChI=1S/C28H40O8/c1-27(2)17-33-23(29)14-9-7-5-6-8-10-15-24(30)34-18-28(3,4)20-36-26(32)22-13-11-12-21(16-22)25(31)35-19-27/h11-13,16H,5-10,14-15,17-20H2,1-4H3. The van der Waals surface area contributed by atoms with Crippen molar-refractivity contribution in [2.75, 3.05) is 26.4 Å². The largest absolute Gasteiger partial charge is 0.465 e. The lowest BCUT2D eigenvalue weighted by Crippen LogP contribution is -2.29. The van der Waals surface area contributed by atoms with Gasteiger partial charge in [-0.15, -0.1) is 0 Å². The highest BCUT2D eigenvalue weighted by Crippen LogP contribution is 2.20. The Bertz CT molecular complexity index is 833. The molecule has 0 aliphatic carbocycles. The summed E-state index contributed by atoms with van der Waals surface area (Å²) in [5.74, 6) is -1.70. The van der Waals surface area contributed by atoms with Crippen LogP contribution in [0.2, 0.25) is 0 Å². The second-order valence-corrected chi connectivity index (χ2v) is 11.0. The van der Waals surface area contributed by atoms with Gasteiger partial charge in [0.25, 0.3) is 0 Å². The summed E-state index contributed by atoms with van der Waals surface area (Å²) in [6.07, 6.45) is 6.03. The number of hydrogen-bond donors (Lipinski definition) is 0. The van der Waals surface area contributed by atoms with Crippen LogP contribution in [0.5, 0.6) is 0 Å². The molecule has 0 unspecified atom stereocenters. The van der Waals surface area contributed by atoms with Crippen molar-refractivity contribution in [3.63, 3.8) is 0 Å². The molecular formula is C28H40O8. The molecule has 1 heterocycles. The average molecular weight is 505 g/mol. The Labute approximate surface area is 214 Å². The molecule has 0 N–H and O–H groups in total. The van der Waals surface area contributed by atoms with Gasteiger partial charge in [-0.2, -0.15) is 0 Å². The van der Waals surface area contributed by atoms with Crippen LogP contribution in [0.1, 0.15) is 99.8 Å². The Morgan fingerprint density at radius 1 is 0.556 bits per heavy atom. The maximum absolute atomic E-state index is 12.6. The van der Waals surface area contributed by atoms with E-state index < -0.39 is 22.8 Å². The van der Waals surface area contributed by atoms with Crippen molar-refractivity contribution in [1.29, 1.82) is 0 Å². The first-order valence-corrected chi connectivity index (χ1v) is 12.7. The third-order valence-corrected chi connectivity index (χ3v) is 5.78. The van der Waals surface area contributed by atoms with Crippen LogP contribution in [0.15, 0.2) is 24.3 Å². The van der Waals surface area contributed by atoms with Crippen molar-refractivity contribution < 1.29 is 38.1 Å². The van der Waals surface area contributed by atoms with Crippen LogP contribution >= 0.6 is 0 Å². The Morgan fingerprint density at radius 2 is 0.917 bits per heavy atom. The van der Waals surface area contributed by atoms with Gasteiger partial charge < -0.3 is 18.9 Å². The fourth-order valence-corrected chi connectivity index (χ4v) is 3.49. The number of benzene rings is 1. The molecule has 0 saturated heterocycles. The zero-order valence-electron chi connectivity index (χ0n) is 22.1. The first-order chi connectivity index (χ1) is 17.0. The van der Waals surface area contributed by atoms with Crippen molar-refractivity contribution in [2.24, 2.45) is 10.8 Å². The number of esters is 4. The van der Waals surface area contributed by atoms with E-state index in [0.717, 1.165) is 38.5 Å². The maximum atomic E-state index is 12.6. The monoisotopic (exact) mass is 504 g/mol. The zero-order chi connectivity index (χ0) is 26.6. The van der Waals surface area contributed by atoms with E-state index >= 15 is 0 Å². The van der Waals surface area contributed by atoms with Crippen LogP contribution < -0.4 is 0 Å². The molecule has 0 radical (unpaired) electrons. The number of fused-ring (bicyclic) bond motifs is 2. The summed E-state index contributed by atoms with van der Waals surface area (Å²) in [5, 5.41) is 0. The number of carbonyl (C=O) groups excluding carboxylic acids is 4. The summed E-state index contributed by atoms with van der Waals surface area (Å²) < 4.78 is 21.6. The van der Waals surface area contributed by atoms with Crippen molar-refractivity contribution in [2.45, 2.75) is 79.1 Å². The van der Waals surface area contributed by atoms with Crippen molar-refractivity contribution >= 4 is 23.9 Å². The molecule has 0 saturated carbocycles. The first kappa shape index (κ1) is 29.3. The molecule has 2 bridgehead atoms. The lowest BCUT2D eigenvalue weighted by Gasteiger charge is -2.24. The summed E-state index contributed by atoms with van der Waals surface area (Å²) in [6.45, 7) is 7.79. The SMILES string of the molecule is CC1(C)COC(=O)CCCCCCCCC(=O)OCC(C)(C)COC(=O)c2cccc(c2)C(=O)OC1. The molecule has 0 fully saturated rings. The minimum Gasteiger partial charge on any atom is -0.465 e. The van der Waals surface area contributed by atoms with E-state index in [2.05, 4.69) is 0 Å². The second kappa shape index (κ2) is 14.0. The minimum atomic E-state index is -0.582. The van der Waals surface area contributed by atoms with Gasteiger partial charge in [0, 0.05) is 23.7 Å². The van der Waals surface area contributed by atoms with E-state index in [4.69, 9.17) is 18.9 Å². The number of cyclic esters (lactones) is 4. The fourth-order valence-electron chi connectivity index (χ4n) is 3.49. The number of carbonyl (C=O) groups is 4. The van der Waals surface area contributed by atoms with Crippen LogP contribution in [0.25, 0.3) is 0 Å². The molecule has 200 valence electrons. The van der Waals surface area contributed by atoms with Gasteiger partial charge in [0.1, 0.15) is 0 Å². The Kier molecular flexibility index (Phi) is 11.4. The molecule has 1 aromatic rings. The molecule has 2 rings (SSSR count). The summed E-state index contributed by atoms with van der Waals surface area (Å²) >= 11 is 0. The summed E-state index contributed by atoms with van der Waals surface area (Å²) in [4.78, 5) is 49.3. The topological polar surface area (TPSA) is 105 Å². The van der Waals surface area contributed by atoms with Crippen LogP contribution in [0.3, 0.4) is 0 Å². The summed E-state index contributed by atoms with van der Waals surface area (Å²) in [6, 6.07) is 6.12. The van der Waals surface area contributed by atoms with Gasteiger partial charge in [-0.25, -0.2) is 9.59 Å². The van der Waals surface area contributed by atoms with Gasteiger partial charge in [0.05, 0.1) is 37.6 Å². The van der Waals surface area contributed by atoms with E-state index in [9.17, 15) is 19.2 Å². The van der Waals surface area contributed by atoms with Gasteiger partial charge >= 0.3 is 23.9 Å². The Morgan fingerprint density at radius 3 is 1.33 bits per heavy atom. The predicted octanol–water partition coefficient (Wildman–Crippen LogP) is 5.27. The van der Waals surface area contributed by atoms with E-state index in [1.807, 2.05) is 27.7 Å². The van der Waals surface area contributed by atoms with E-state index in [-0.39, 0.29) is 49.5 Å². The van der Waals surface area contributed by atoms with Gasteiger partial charge in [-0.1, -0.05) is 59.4 Å². The highest BCUT2D eigenvalue weighted by Gasteiger charge is 2.25. The summed E-state index contributed by atoms with van der Waals surface area (Å²) in [5.41, 5.74) is -0.676. The highest BCUT2D eigenvalue weighted by atomic mass is 16.6. The zero-order valence-corrected chi connectivity index (χ0v) is 22.1. The fraction of sp³-hybridized carbons (Fsp3) is 0.643. The molecule has 0 amide bonds. The van der Waals surface area contributed by atoms with E-state index in [1.165, 1.54) is 6.07 Å². The first-order valence-electron chi connectivity index (χ1n) is 12.7. The van der Waals surface area contributed by atoms with Gasteiger partial charge in [-0.3, -0.25) is 9.59 Å². The lowest BCUT2D eigenvalue weighted by atomic mass is 9.96. The highest BCUT2D eigenvalue weighted by molar-refractivity contribution is 5.95.